The van der Waals surface area contributed by atoms with Crippen molar-refractivity contribution < 1.29 is 47.9 Å². The summed E-state index contributed by atoms with van der Waals surface area (Å²) in [6, 6.07) is 73.8. The van der Waals surface area contributed by atoms with Crippen LogP contribution in [0.3, 0.4) is 0 Å². The Hall–Kier alpha value is -9.30. The molecule has 13 nitrogen and oxygen atoms in total. The van der Waals surface area contributed by atoms with Crippen molar-refractivity contribution in [1.82, 2.24) is 13.7 Å². The van der Waals surface area contributed by atoms with E-state index in [1.54, 1.807) is 34.0 Å². The second-order valence-corrected chi connectivity index (χ2v) is 50.8. The number of rotatable bonds is 22. The Morgan fingerprint density at radius 3 is 0.921 bits per heavy atom. The number of aromatic nitrogens is 3. The molecule has 2 aliphatic carbocycles. The lowest BCUT2D eigenvalue weighted by atomic mass is 9.80. The third-order valence-electron chi connectivity index (χ3n) is 29.3. The maximum atomic E-state index is 12.3. The summed E-state index contributed by atoms with van der Waals surface area (Å²) in [4.78, 5) is 0. The molecule has 6 aromatic heterocycles. The van der Waals surface area contributed by atoms with Crippen molar-refractivity contribution in [3.05, 3.63) is 263 Å². The van der Waals surface area contributed by atoms with E-state index < -0.39 is 18.3 Å². The second-order valence-electron chi connectivity index (χ2n) is 45.9. The van der Waals surface area contributed by atoms with Gasteiger partial charge in [-0.2, -0.15) is 0 Å². The molecule has 19 rings (SSSR count). The molecule has 7 heterocycles. The molecule has 0 bridgehead atoms. The summed E-state index contributed by atoms with van der Waals surface area (Å²) < 4.78 is 61.0. The summed E-state index contributed by atoms with van der Waals surface area (Å²) in [6.07, 6.45) is 9.48. The van der Waals surface area contributed by atoms with Gasteiger partial charge in [-0.1, -0.05) is 247 Å². The monoisotopic (exact) mass is 2160 g/mol. The van der Waals surface area contributed by atoms with E-state index in [1.165, 1.54) is 98.5 Å². The highest BCUT2D eigenvalue weighted by molar-refractivity contribution is 14.1. The number of benzene rings is 10. The third-order valence-corrected chi connectivity index (χ3v) is 34.0. The molecule has 2 N–H and O–H groups in total. The van der Waals surface area contributed by atoms with E-state index >= 15 is 0 Å². The molecule has 16 aromatic rings. The lowest BCUT2D eigenvalue weighted by Crippen LogP contribution is -2.41. The van der Waals surface area contributed by atoms with Gasteiger partial charge in [-0.3, -0.25) is 9.13 Å². The SMILES string of the molecule is CC(C)(C)c1ccc2c(c1)c1cc(C(C)(C)C)ccc1n2-c1scc(-c2ccccc2OC[C@@H]2CCCC[C@H]2COc2ccccc2-c2csc(-n3c4ccc(C(C)(C)C)cc4c4cc(C(C)(C)C)ccc43)c2O)c1O.CCOCOc1c(-n2c3ccc(C(C)(C)C)cc3c3cc(C(C)(C)C)ccc32)csc1B1OC(C)(C)C(C)(C)O1.Ic1ccccc1OC[C@@H]1CCCC[C@H]1COc1ccccc1I. The van der Waals surface area contributed by atoms with Crippen LogP contribution in [0.1, 0.15) is 244 Å². The van der Waals surface area contributed by atoms with Gasteiger partial charge in [0.1, 0.15) is 33.0 Å². The number of ether oxygens (including phenoxy) is 6. The molecular formula is C121H140BI2N3O10S3. The van der Waals surface area contributed by atoms with Gasteiger partial charge >= 0.3 is 7.12 Å². The summed E-state index contributed by atoms with van der Waals surface area (Å²) in [7, 11) is -0.520. The zero-order valence-corrected chi connectivity index (χ0v) is 92.9. The maximum absolute atomic E-state index is 12.3. The van der Waals surface area contributed by atoms with Crippen LogP contribution in [0.15, 0.2) is 222 Å². The first-order valence-electron chi connectivity index (χ1n) is 50.1. The van der Waals surface area contributed by atoms with E-state index in [2.05, 4.69) is 373 Å². The summed E-state index contributed by atoms with van der Waals surface area (Å²) >= 11 is 9.42. The van der Waals surface area contributed by atoms with Crippen molar-refractivity contribution in [3.63, 3.8) is 0 Å². The predicted octanol–water partition coefficient (Wildman–Crippen LogP) is 33.5. The highest BCUT2D eigenvalue weighted by Gasteiger charge is 2.54. The molecule has 0 radical (unpaired) electrons. The Balaban J connectivity index is 0.000000174. The van der Waals surface area contributed by atoms with Crippen molar-refractivity contribution in [2.45, 2.75) is 254 Å². The molecule has 3 aliphatic rings. The van der Waals surface area contributed by atoms with Gasteiger partial charge in [-0.15, -0.1) is 34.0 Å². The molecule has 0 spiro atoms. The van der Waals surface area contributed by atoms with Crippen LogP contribution in [-0.4, -0.2) is 82.1 Å². The van der Waals surface area contributed by atoms with Gasteiger partial charge in [0.25, 0.3) is 0 Å². The Morgan fingerprint density at radius 1 is 0.350 bits per heavy atom. The standard InChI is InChI=1S/C68H74N2O4S2.C33H44BNO4S.C20H22I2O2/c1-65(2,3)43-25-29-55-49(33-43)50-34-44(66(4,5)6)26-30-56(50)69(55)63-61(71)53(39-75-63)47-21-15-17-23-59(47)73-37-41-19-13-14-20-42(41)38-74-60-24-18-16-22-48(60)54-40-76-64(62(54)72)70-57-31-27-45(67(7,8)9)35-51(57)52-36-46(68(10,11)12)28-32-58(52)70;1-12-36-20-37-28-27(19-40-29(28)34-38-32(8,9)33(10,11)39-34)35-25-15-13-21(30(2,3)4)17-23(25)24-18-22(31(5,6)7)14-16-26(24)35;21-17-9-3-5-11-19(17)23-13-15-7-1-2-8-16(15)14-24-20-12-6-4-10-18(20)22/h15-18,21-36,39-42,71-72H,13-14,19-20,37-38H2,1-12H3;13-19H,12,20H2,1-11H3;3-6,9-12,15-16H,1-2,7-8,13-14H2/t41-,42-;;15-,16-/m0.0/s1. The number of nitrogens with zero attached hydrogens (tertiary/aromatic N) is 3. The lowest BCUT2D eigenvalue weighted by molar-refractivity contribution is 0.00578. The number of halogens is 2. The lowest BCUT2D eigenvalue weighted by Gasteiger charge is -2.32. The van der Waals surface area contributed by atoms with Crippen LogP contribution in [0, 0.1) is 30.8 Å². The van der Waals surface area contributed by atoms with Crippen molar-refractivity contribution >= 4 is 157 Å². The Morgan fingerprint density at radius 2 is 0.629 bits per heavy atom. The molecule has 1 saturated heterocycles. The highest BCUT2D eigenvalue weighted by Crippen LogP contribution is 2.52. The molecule has 0 unspecified atom stereocenters. The first kappa shape index (κ1) is 102. The largest absolute Gasteiger partial charge is 0.509 e. The van der Waals surface area contributed by atoms with Crippen LogP contribution in [0.5, 0.6) is 40.2 Å². The summed E-state index contributed by atoms with van der Waals surface area (Å²) in [5.74, 6) is 6.51. The molecule has 1 aliphatic heterocycles. The molecular weight excluding hydrogens is 2020 g/mol. The molecule has 10 aromatic carbocycles. The first-order valence-corrected chi connectivity index (χ1v) is 54.9. The zero-order valence-electron chi connectivity index (χ0n) is 86.1. The summed E-state index contributed by atoms with van der Waals surface area (Å²) in [5.41, 5.74) is 17.8. The normalized spacial score (nSPS) is 17.1. The molecule has 2 saturated carbocycles. The van der Waals surface area contributed by atoms with Crippen LogP contribution in [0.4, 0.5) is 0 Å². The maximum Gasteiger partial charge on any atom is 0.509 e. The first-order chi connectivity index (χ1) is 66.3. The van der Waals surface area contributed by atoms with E-state index in [0.717, 1.165) is 143 Å². The fourth-order valence-corrected chi connectivity index (χ4v) is 23.9. The van der Waals surface area contributed by atoms with Gasteiger partial charge in [-0.05, 0) is 304 Å². The Kier molecular flexibility index (Phi) is 29.7. The molecule has 4 atom stereocenters. The fraction of sp³-hybridized carbons (Fsp3) is 0.405. The van der Waals surface area contributed by atoms with E-state index in [4.69, 9.17) is 37.7 Å². The smallest absolute Gasteiger partial charge is 0.504 e. The molecule has 0 amide bonds. The fourth-order valence-electron chi connectivity index (χ4n) is 19.9. The minimum atomic E-state index is -0.520. The van der Waals surface area contributed by atoms with Gasteiger partial charge in [0, 0.05) is 77.3 Å². The number of hydrogen-bond donors (Lipinski definition) is 2. The van der Waals surface area contributed by atoms with Gasteiger partial charge in [-0.25, -0.2) is 0 Å². The van der Waals surface area contributed by atoms with Gasteiger partial charge in [0.2, 0.25) is 0 Å². The second kappa shape index (κ2) is 40.7. The van der Waals surface area contributed by atoms with Crippen LogP contribution < -0.4 is 28.5 Å². The van der Waals surface area contributed by atoms with Gasteiger partial charge in [0.15, 0.2) is 24.0 Å². The number of para-hydroxylation sites is 4. The molecule has 734 valence electrons. The third kappa shape index (κ3) is 21.3. The van der Waals surface area contributed by atoms with Crippen LogP contribution >= 0.6 is 79.2 Å². The summed E-state index contributed by atoms with van der Waals surface area (Å²) in [5, 5.41) is 39.8. The van der Waals surface area contributed by atoms with E-state index in [1.807, 2.05) is 67.6 Å². The van der Waals surface area contributed by atoms with Gasteiger partial charge in [0.05, 0.1) is 88.3 Å². The van der Waals surface area contributed by atoms with Gasteiger partial charge < -0.3 is 52.5 Å². The Bertz CT molecular complexity index is 6650. The minimum Gasteiger partial charge on any atom is -0.504 e. The topological polar surface area (TPSA) is 129 Å². The van der Waals surface area contributed by atoms with Crippen molar-refractivity contribution in [2.24, 2.45) is 23.7 Å². The number of thiophene rings is 3. The van der Waals surface area contributed by atoms with Crippen LogP contribution in [-0.2, 0) is 46.5 Å². The molecule has 19 heteroatoms. The van der Waals surface area contributed by atoms with Crippen LogP contribution in [0.25, 0.3) is 103 Å². The zero-order chi connectivity index (χ0) is 99.7. The van der Waals surface area contributed by atoms with Crippen molar-refractivity contribution in [1.29, 1.82) is 0 Å². The quantitative estimate of drug-likeness (QED) is 0.0293. The molecule has 140 heavy (non-hydrogen) atoms. The van der Waals surface area contributed by atoms with Crippen LogP contribution in [0.2, 0.25) is 0 Å². The average Bonchev–Trinajstić information content (AvgIpc) is 1.56. The molecule has 3 fully saturated rings. The highest BCUT2D eigenvalue weighted by atomic mass is 127. The van der Waals surface area contributed by atoms with Crippen molar-refractivity contribution in [3.8, 4) is 78.2 Å². The predicted molar refractivity (Wildman–Crippen MR) is 606 cm³/mol. The summed E-state index contributed by atoms with van der Waals surface area (Å²) in [6.45, 7) is 54.4. The average molecular weight is 2160 g/mol. The number of aromatic hydroxyl groups is 2. The van der Waals surface area contributed by atoms with E-state index in [-0.39, 0.29) is 62.6 Å². The minimum absolute atomic E-state index is 0.00562. The van der Waals surface area contributed by atoms with E-state index in [0.29, 0.717) is 31.7 Å². The number of hydrogen-bond acceptors (Lipinski definition) is 13. The van der Waals surface area contributed by atoms with E-state index in [9.17, 15) is 10.2 Å². The number of fused-ring (bicyclic) bond motifs is 9. The Labute approximate surface area is 869 Å². The van der Waals surface area contributed by atoms with Crippen molar-refractivity contribution in [2.75, 3.05) is 39.8 Å².